The van der Waals surface area contributed by atoms with Gasteiger partial charge >= 0.3 is 0 Å². The first kappa shape index (κ1) is 14.0. The van der Waals surface area contributed by atoms with Crippen LogP contribution in [0.3, 0.4) is 0 Å². The summed E-state index contributed by atoms with van der Waals surface area (Å²) in [6.07, 6.45) is 0.989. The molecule has 0 fully saturated rings. The number of benzene rings is 1. The van der Waals surface area contributed by atoms with E-state index in [1.54, 1.807) is 0 Å². The molecule has 1 N–H and O–H groups in total. The molecule has 5 heteroatoms. The second-order valence-corrected chi connectivity index (χ2v) is 4.38. The van der Waals surface area contributed by atoms with Crippen molar-refractivity contribution in [3.05, 3.63) is 35.1 Å². The summed E-state index contributed by atoms with van der Waals surface area (Å²) in [5.74, 6) is -0.708. The van der Waals surface area contributed by atoms with E-state index in [0.29, 0.717) is 23.3 Å². The van der Waals surface area contributed by atoms with Gasteiger partial charge in [-0.15, -0.1) is 0 Å². The Morgan fingerprint density at radius 3 is 2.79 bits per heavy atom. The van der Waals surface area contributed by atoms with Gasteiger partial charge in [-0.05, 0) is 19.0 Å². The van der Waals surface area contributed by atoms with E-state index in [4.69, 9.17) is 9.15 Å². The van der Waals surface area contributed by atoms with Gasteiger partial charge in [0.25, 0.3) is 0 Å². The highest BCUT2D eigenvalue weighted by atomic mass is 19.1. The fraction of sp³-hybridized carbons (Fsp3) is 0.429. The number of ether oxygens (including phenoxy) is 1. The molecular formula is C14H17F2NO2. The van der Waals surface area contributed by atoms with Crippen LogP contribution in [0.2, 0.25) is 0 Å². The molecule has 0 amide bonds. The molecule has 0 aliphatic carbocycles. The third-order valence-electron chi connectivity index (χ3n) is 2.90. The first-order chi connectivity index (χ1) is 9.17. The molecule has 0 unspecified atom stereocenters. The predicted molar refractivity (Wildman–Crippen MR) is 68.8 cm³/mol. The Balaban J connectivity index is 2.44. The number of rotatable bonds is 6. The van der Waals surface area contributed by atoms with Gasteiger partial charge in [0.1, 0.15) is 11.6 Å². The summed E-state index contributed by atoms with van der Waals surface area (Å²) < 4.78 is 37.6. The van der Waals surface area contributed by atoms with Crippen LogP contribution in [0, 0.1) is 11.6 Å². The average molecular weight is 269 g/mol. The van der Waals surface area contributed by atoms with Crippen molar-refractivity contribution in [3.8, 4) is 0 Å². The van der Waals surface area contributed by atoms with Gasteiger partial charge in [-0.2, -0.15) is 0 Å². The lowest BCUT2D eigenvalue weighted by molar-refractivity contribution is 0.183. The molecule has 2 rings (SSSR count). The zero-order valence-electron chi connectivity index (χ0n) is 11.1. The lowest BCUT2D eigenvalue weighted by Crippen LogP contribution is -2.14. The summed E-state index contributed by atoms with van der Waals surface area (Å²) in [6.45, 7) is 3.62. The number of fused-ring (bicyclic) bond motifs is 1. The Bertz CT molecular complexity index is 566. The SMILES string of the molecule is CCCNCc1oc2c(F)cc(F)cc2c1COC. The topological polar surface area (TPSA) is 34.4 Å². The molecule has 104 valence electrons. The molecule has 1 aromatic heterocycles. The van der Waals surface area contributed by atoms with Crippen LogP contribution < -0.4 is 5.32 Å². The maximum Gasteiger partial charge on any atom is 0.170 e. The molecule has 0 aliphatic heterocycles. The van der Waals surface area contributed by atoms with Gasteiger partial charge in [-0.25, -0.2) is 8.78 Å². The lowest BCUT2D eigenvalue weighted by Gasteiger charge is -2.03. The van der Waals surface area contributed by atoms with Gasteiger partial charge < -0.3 is 14.5 Å². The van der Waals surface area contributed by atoms with Gasteiger partial charge in [0.2, 0.25) is 0 Å². The fourth-order valence-corrected chi connectivity index (χ4v) is 2.05. The molecule has 0 saturated carbocycles. The predicted octanol–water partition coefficient (Wildman–Crippen LogP) is 3.36. The molecule has 3 nitrogen and oxygen atoms in total. The lowest BCUT2D eigenvalue weighted by atomic mass is 10.1. The molecule has 0 radical (unpaired) electrons. The van der Waals surface area contributed by atoms with Crippen LogP contribution in [0.4, 0.5) is 8.78 Å². The summed E-state index contributed by atoms with van der Waals surface area (Å²) >= 11 is 0. The molecule has 0 saturated heterocycles. The Morgan fingerprint density at radius 2 is 2.11 bits per heavy atom. The Morgan fingerprint density at radius 1 is 1.32 bits per heavy atom. The van der Waals surface area contributed by atoms with Crippen LogP contribution in [0.15, 0.2) is 16.5 Å². The number of furan rings is 1. The van der Waals surface area contributed by atoms with E-state index in [0.717, 1.165) is 19.0 Å². The smallest absolute Gasteiger partial charge is 0.170 e. The van der Waals surface area contributed by atoms with Gasteiger partial charge in [0.15, 0.2) is 11.4 Å². The van der Waals surface area contributed by atoms with Crippen LogP contribution in [0.1, 0.15) is 24.7 Å². The van der Waals surface area contributed by atoms with E-state index in [1.165, 1.54) is 13.2 Å². The van der Waals surface area contributed by atoms with Crippen LogP contribution in [0.25, 0.3) is 11.0 Å². The minimum atomic E-state index is -0.686. The zero-order valence-corrected chi connectivity index (χ0v) is 11.1. The minimum absolute atomic E-state index is 0.0850. The van der Waals surface area contributed by atoms with Crippen LogP contribution in [-0.2, 0) is 17.9 Å². The average Bonchev–Trinajstić information content (AvgIpc) is 2.70. The van der Waals surface area contributed by atoms with E-state index < -0.39 is 11.6 Å². The molecule has 0 aliphatic rings. The minimum Gasteiger partial charge on any atom is -0.456 e. The van der Waals surface area contributed by atoms with Crippen molar-refractivity contribution < 1.29 is 17.9 Å². The third kappa shape index (κ3) is 2.93. The summed E-state index contributed by atoms with van der Waals surface area (Å²) in [7, 11) is 1.54. The summed E-state index contributed by atoms with van der Waals surface area (Å²) in [6, 6.07) is 2.10. The highest BCUT2D eigenvalue weighted by Gasteiger charge is 2.17. The second-order valence-electron chi connectivity index (χ2n) is 4.38. The largest absolute Gasteiger partial charge is 0.456 e. The van der Waals surface area contributed by atoms with Crippen molar-refractivity contribution in [3.63, 3.8) is 0 Å². The molecular weight excluding hydrogens is 252 g/mol. The van der Waals surface area contributed by atoms with Crippen molar-refractivity contribution in [2.75, 3.05) is 13.7 Å². The first-order valence-electron chi connectivity index (χ1n) is 6.26. The Kier molecular flexibility index (Phi) is 4.50. The van der Waals surface area contributed by atoms with Crippen LogP contribution >= 0.6 is 0 Å². The van der Waals surface area contributed by atoms with Crippen LogP contribution in [-0.4, -0.2) is 13.7 Å². The van der Waals surface area contributed by atoms with Crippen molar-refractivity contribution in [2.45, 2.75) is 26.5 Å². The van der Waals surface area contributed by atoms with Gasteiger partial charge in [-0.3, -0.25) is 0 Å². The molecule has 0 bridgehead atoms. The molecule has 2 aromatic rings. The van der Waals surface area contributed by atoms with Crippen molar-refractivity contribution in [1.82, 2.24) is 5.32 Å². The number of nitrogens with one attached hydrogen (secondary N) is 1. The Hall–Kier alpha value is -1.46. The normalized spacial score (nSPS) is 11.4. The maximum absolute atomic E-state index is 13.7. The number of halogens is 2. The van der Waals surface area contributed by atoms with Crippen LogP contribution in [0.5, 0.6) is 0 Å². The quantitative estimate of drug-likeness (QED) is 0.817. The van der Waals surface area contributed by atoms with E-state index in [9.17, 15) is 8.78 Å². The molecule has 19 heavy (non-hydrogen) atoms. The van der Waals surface area contributed by atoms with E-state index in [2.05, 4.69) is 12.2 Å². The highest BCUT2D eigenvalue weighted by Crippen LogP contribution is 2.29. The van der Waals surface area contributed by atoms with Gasteiger partial charge in [0, 0.05) is 24.1 Å². The number of methoxy groups -OCH3 is 1. The van der Waals surface area contributed by atoms with E-state index in [-0.39, 0.29) is 12.2 Å². The van der Waals surface area contributed by atoms with E-state index in [1.807, 2.05) is 0 Å². The van der Waals surface area contributed by atoms with Crippen molar-refractivity contribution >= 4 is 11.0 Å². The highest BCUT2D eigenvalue weighted by molar-refractivity contribution is 5.82. The second kappa shape index (κ2) is 6.12. The molecule has 1 aromatic carbocycles. The fourth-order valence-electron chi connectivity index (χ4n) is 2.05. The zero-order chi connectivity index (χ0) is 13.8. The van der Waals surface area contributed by atoms with Crippen molar-refractivity contribution in [2.24, 2.45) is 0 Å². The van der Waals surface area contributed by atoms with Gasteiger partial charge in [0.05, 0.1) is 13.2 Å². The summed E-state index contributed by atoms with van der Waals surface area (Å²) in [5.41, 5.74) is 0.779. The molecule has 0 spiro atoms. The number of hydrogen-bond acceptors (Lipinski definition) is 3. The Labute approximate surface area is 110 Å². The monoisotopic (exact) mass is 269 g/mol. The number of hydrogen-bond donors (Lipinski definition) is 1. The van der Waals surface area contributed by atoms with Crippen molar-refractivity contribution in [1.29, 1.82) is 0 Å². The standard InChI is InChI=1S/C14H17F2NO2/c1-3-4-17-7-13-11(8-18-2)10-5-9(15)6-12(16)14(10)19-13/h5-6,17H,3-4,7-8H2,1-2H3. The first-order valence-corrected chi connectivity index (χ1v) is 6.26. The summed E-state index contributed by atoms with van der Waals surface area (Å²) in [4.78, 5) is 0. The van der Waals surface area contributed by atoms with E-state index >= 15 is 0 Å². The molecule has 0 atom stereocenters. The van der Waals surface area contributed by atoms with Gasteiger partial charge in [-0.1, -0.05) is 6.92 Å². The summed E-state index contributed by atoms with van der Waals surface area (Å²) in [5, 5.41) is 3.62. The molecule has 1 heterocycles. The third-order valence-corrected chi connectivity index (χ3v) is 2.90. The maximum atomic E-state index is 13.7.